The van der Waals surface area contributed by atoms with Crippen molar-refractivity contribution in [2.75, 3.05) is 12.4 Å². The number of aromatic nitrogens is 2. The lowest BCUT2D eigenvalue weighted by molar-refractivity contribution is -0.117. The maximum Gasteiger partial charge on any atom is 0.337 e. The molecule has 3 aromatic rings. The molecule has 4 rings (SSSR count). The lowest BCUT2D eigenvalue weighted by Crippen LogP contribution is -2.19. The van der Waals surface area contributed by atoms with E-state index in [4.69, 9.17) is 21.4 Å². The Morgan fingerprint density at radius 2 is 1.88 bits per heavy atom. The van der Waals surface area contributed by atoms with E-state index in [9.17, 15) is 9.59 Å². The van der Waals surface area contributed by atoms with Crippen LogP contribution in [0.5, 0.6) is 5.75 Å². The predicted molar refractivity (Wildman–Crippen MR) is 119 cm³/mol. The summed E-state index contributed by atoms with van der Waals surface area (Å²) < 4.78 is 17.2. The molecule has 0 unspecified atom stereocenters. The molecule has 0 spiro atoms. The Kier molecular flexibility index (Phi) is 6.65. The Labute approximate surface area is 190 Å². The van der Waals surface area contributed by atoms with Crippen LogP contribution in [0.4, 0.5) is 5.69 Å². The summed E-state index contributed by atoms with van der Waals surface area (Å²) >= 11 is 5.17. The number of methoxy groups -OCH3 is 1. The fourth-order valence-electron chi connectivity index (χ4n) is 3.60. The van der Waals surface area contributed by atoms with Gasteiger partial charge in [0, 0.05) is 5.69 Å². The van der Waals surface area contributed by atoms with Crippen LogP contribution in [0.25, 0.3) is 0 Å². The zero-order valence-corrected chi connectivity index (χ0v) is 18.4. The largest absolute Gasteiger partial charge is 0.484 e. The monoisotopic (exact) mass is 453 g/mol. The van der Waals surface area contributed by atoms with Crippen LogP contribution in [-0.2, 0) is 35.5 Å². The number of anilines is 1. The molecule has 0 atom stereocenters. The van der Waals surface area contributed by atoms with Gasteiger partial charge in [0.15, 0.2) is 6.61 Å². The minimum Gasteiger partial charge on any atom is -0.484 e. The third-order valence-corrected chi connectivity index (χ3v) is 5.51. The molecule has 0 saturated heterocycles. The fourth-order valence-corrected chi connectivity index (χ4v) is 3.80. The highest BCUT2D eigenvalue weighted by Crippen LogP contribution is 2.25. The van der Waals surface area contributed by atoms with Gasteiger partial charge in [0.25, 0.3) is 10.7 Å². The number of nitrogens with zero attached hydrogens (tertiary/aromatic N) is 2. The zero-order chi connectivity index (χ0) is 22.5. The van der Waals surface area contributed by atoms with Gasteiger partial charge in [-0.3, -0.25) is 4.79 Å². The molecule has 1 aliphatic rings. The summed E-state index contributed by atoms with van der Waals surface area (Å²) in [6.07, 6.45) is 4.62. The van der Waals surface area contributed by atoms with E-state index < -0.39 is 5.97 Å². The van der Waals surface area contributed by atoms with Crippen molar-refractivity contribution in [1.29, 1.82) is 0 Å². The fraction of sp³-hybridized carbons (Fsp3) is 0.304. The first-order chi connectivity index (χ1) is 15.5. The van der Waals surface area contributed by atoms with E-state index in [1.807, 2.05) is 6.07 Å². The number of carbonyl (C=O) groups is 2. The normalized spacial score (nSPS) is 12.7. The number of amides is 1. The number of esters is 1. The quantitative estimate of drug-likeness (QED) is 0.425. The van der Waals surface area contributed by atoms with Gasteiger partial charge in [0.05, 0.1) is 12.7 Å². The van der Waals surface area contributed by atoms with Crippen molar-refractivity contribution < 1.29 is 23.5 Å². The second-order valence-electron chi connectivity index (χ2n) is 7.46. The molecule has 1 heterocycles. The SMILES string of the molecule is COC(=O)c1ccc(NC(=O)Cn2nc(COc3ccc4c(c3)CCCC4)oc2=S)cc1. The molecule has 8 nitrogen and oxygen atoms in total. The van der Waals surface area contributed by atoms with Crippen LogP contribution < -0.4 is 10.1 Å². The zero-order valence-electron chi connectivity index (χ0n) is 17.6. The highest BCUT2D eigenvalue weighted by molar-refractivity contribution is 7.71. The van der Waals surface area contributed by atoms with Gasteiger partial charge in [0.2, 0.25) is 5.91 Å². The summed E-state index contributed by atoms with van der Waals surface area (Å²) in [6.45, 7) is 0.00592. The highest BCUT2D eigenvalue weighted by Gasteiger charge is 2.13. The van der Waals surface area contributed by atoms with Crippen LogP contribution in [-0.4, -0.2) is 28.8 Å². The number of hydrogen-bond acceptors (Lipinski definition) is 7. The van der Waals surface area contributed by atoms with Crippen LogP contribution in [0, 0.1) is 4.84 Å². The van der Waals surface area contributed by atoms with E-state index in [1.165, 1.54) is 35.8 Å². The standard InChI is InChI=1S/C23H23N3O5S/c1-29-22(28)16-6-9-18(10-7-16)24-20(27)13-26-23(32)31-21(25-26)14-30-19-11-8-15-4-2-3-5-17(15)12-19/h6-12H,2-5,13-14H2,1H3,(H,24,27). The molecular formula is C23H23N3O5S. The van der Waals surface area contributed by atoms with E-state index >= 15 is 0 Å². The average molecular weight is 454 g/mol. The number of benzene rings is 2. The third-order valence-electron chi connectivity index (χ3n) is 5.21. The number of nitrogens with one attached hydrogen (secondary N) is 1. The van der Waals surface area contributed by atoms with Crippen molar-refractivity contribution in [2.45, 2.75) is 38.8 Å². The predicted octanol–water partition coefficient (Wildman–Crippen LogP) is 4.09. The number of carbonyl (C=O) groups excluding carboxylic acids is 2. The Balaban J connectivity index is 1.33. The molecule has 166 valence electrons. The third kappa shape index (κ3) is 5.23. The molecule has 0 aliphatic heterocycles. The summed E-state index contributed by atoms with van der Waals surface area (Å²) in [5.74, 6) is 0.279. The van der Waals surface area contributed by atoms with Gasteiger partial charge in [-0.05, 0) is 85.4 Å². The smallest absolute Gasteiger partial charge is 0.337 e. The number of aryl methyl sites for hydroxylation is 2. The van der Waals surface area contributed by atoms with Crippen LogP contribution in [0.3, 0.4) is 0 Å². The van der Waals surface area contributed by atoms with E-state index in [0.29, 0.717) is 17.1 Å². The first kappa shape index (κ1) is 21.8. The van der Waals surface area contributed by atoms with Crippen molar-refractivity contribution in [2.24, 2.45) is 0 Å². The lowest BCUT2D eigenvalue weighted by Gasteiger charge is -2.16. The van der Waals surface area contributed by atoms with Crippen LogP contribution >= 0.6 is 12.2 Å². The molecule has 0 fully saturated rings. The molecule has 2 aromatic carbocycles. The van der Waals surface area contributed by atoms with Crippen molar-refractivity contribution in [3.05, 3.63) is 69.9 Å². The average Bonchev–Trinajstić information content (AvgIpc) is 3.16. The highest BCUT2D eigenvalue weighted by atomic mass is 32.1. The maximum absolute atomic E-state index is 12.4. The van der Waals surface area contributed by atoms with Gasteiger partial charge >= 0.3 is 5.97 Å². The van der Waals surface area contributed by atoms with Crippen molar-refractivity contribution in [1.82, 2.24) is 9.78 Å². The van der Waals surface area contributed by atoms with E-state index in [-0.39, 0.29) is 23.9 Å². The Morgan fingerprint density at radius 3 is 2.62 bits per heavy atom. The molecular weight excluding hydrogens is 430 g/mol. The first-order valence-corrected chi connectivity index (χ1v) is 10.7. The molecule has 1 N–H and O–H groups in total. The van der Waals surface area contributed by atoms with Crippen molar-refractivity contribution >= 4 is 29.8 Å². The molecule has 1 aliphatic carbocycles. The number of ether oxygens (including phenoxy) is 2. The van der Waals surface area contributed by atoms with E-state index in [1.54, 1.807) is 24.3 Å². The van der Waals surface area contributed by atoms with Gasteiger partial charge in [-0.25, -0.2) is 9.48 Å². The van der Waals surface area contributed by atoms with Crippen LogP contribution in [0.15, 0.2) is 46.9 Å². The second kappa shape index (κ2) is 9.78. The Hall–Kier alpha value is -3.46. The minimum absolute atomic E-state index is 0.0882. The summed E-state index contributed by atoms with van der Waals surface area (Å²) in [7, 11) is 1.31. The van der Waals surface area contributed by atoms with E-state index in [0.717, 1.165) is 18.6 Å². The van der Waals surface area contributed by atoms with Gasteiger partial charge < -0.3 is 19.2 Å². The first-order valence-electron chi connectivity index (χ1n) is 10.3. The van der Waals surface area contributed by atoms with Crippen molar-refractivity contribution in [3.63, 3.8) is 0 Å². The van der Waals surface area contributed by atoms with Crippen LogP contribution in [0.1, 0.15) is 40.2 Å². The Bertz CT molecular complexity index is 1180. The maximum atomic E-state index is 12.4. The minimum atomic E-state index is -0.443. The summed E-state index contributed by atoms with van der Waals surface area (Å²) in [4.78, 5) is 23.9. The van der Waals surface area contributed by atoms with Gasteiger partial charge in [-0.2, -0.15) is 0 Å². The van der Waals surface area contributed by atoms with E-state index in [2.05, 4.69) is 27.3 Å². The number of hydrogen-bond donors (Lipinski definition) is 1. The Morgan fingerprint density at radius 1 is 1.12 bits per heavy atom. The molecule has 0 bridgehead atoms. The second-order valence-corrected chi connectivity index (χ2v) is 7.81. The molecule has 0 saturated carbocycles. The topological polar surface area (TPSA) is 95.6 Å². The number of rotatable bonds is 7. The molecule has 1 amide bonds. The molecule has 32 heavy (non-hydrogen) atoms. The number of fused-ring (bicyclic) bond motifs is 1. The lowest BCUT2D eigenvalue weighted by atomic mass is 9.92. The summed E-state index contributed by atoms with van der Waals surface area (Å²) in [5, 5.41) is 6.97. The summed E-state index contributed by atoms with van der Waals surface area (Å²) in [5.41, 5.74) is 3.65. The molecule has 9 heteroatoms. The molecule has 1 aromatic heterocycles. The van der Waals surface area contributed by atoms with Crippen LogP contribution in [0.2, 0.25) is 0 Å². The van der Waals surface area contributed by atoms with Gasteiger partial charge in [-0.1, -0.05) is 6.07 Å². The van der Waals surface area contributed by atoms with Gasteiger partial charge in [0.1, 0.15) is 12.3 Å². The summed E-state index contributed by atoms with van der Waals surface area (Å²) in [6, 6.07) is 12.5. The van der Waals surface area contributed by atoms with Gasteiger partial charge in [-0.15, -0.1) is 5.10 Å². The van der Waals surface area contributed by atoms with Crippen molar-refractivity contribution in [3.8, 4) is 5.75 Å². The molecule has 0 radical (unpaired) electrons.